The molecule has 7 nitrogen and oxygen atoms in total. The van der Waals surface area contributed by atoms with Gasteiger partial charge in [0.2, 0.25) is 5.91 Å². The van der Waals surface area contributed by atoms with Crippen LogP contribution in [0.1, 0.15) is 27.9 Å². The molecule has 5 rings (SSSR count). The van der Waals surface area contributed by atoms with Gasteiger partial charge in [0.1, 0.15) is 0 Å². The van der Waals surface area contributed by atoms with Gasteiger partial charge in [-0.25, -0.2) is 0 Å². The molecule has 148 valence electrons. The number of hydrogen-bond acceptors (Lipinski definition) is 6. The Kier molecular flexibility index (Phi) is 4.21. The topological polar surface area (TPSA) is 114 Å². The number of nitrogens with zero attached hydrogens (tertiary/aromatic N) is 2. The zero-order chi connectivity index (χ0) is 20.7. The fraction of sp³-hybridized carbons (Fsp3) is 0.0870. The molecule has 2 heterocycles. The van der Waals surface area contributed by atoms with Crippen LogP contribution >= 0.6 is 0 Å². The zero-order valence-electron chi connectivity index (χ0n) is 15.9. The summed E-state index contributed by atoms with van der Waals surface area (Å²) in [5, 5.41) is 16.9. The number of fused-ring (bicyclic) bond motifs is 2. The number of amides is 1. The Morgan fingerprint density at radius 2 is 1.97 bits per heavy atom. The summed E-state index contributed by atoms with van der Waals surface area (Å²) < 4.78 is 6.09. The summed E-state index contributed by atoms with van der Waals surface area (Å²) in [5.41, 5.74) is 11.8. The first-order valence-corrected chi connectivity index (χ1v) is 9.52. The Labute approximate surface area is 171 Å². The van der Waals surface area contributed by atoms with Gasteiger partial charge in [-0.15, -0.1) is 0 Å². The molecule has 0 saturated carbocycles. The minimum atomic E-state index is -0.474. The summed E-state index contributed by atoms with van der Waals surface area (Å²) in [6.07, 6.45) is 4.96. The molecule has 0 spiro atoms. The van der Waals surface area contributed by atoms with Crippen molar-refractivity contribution < 1.29 is 14.4 Å². The van der Waals surface area contributed by atoms with Crippen LogP contribution in [0.4, 0.5) is 11.4 Å². The lowest BCUT2D eigenvalue weighted by atomic mass is 10.1. The molecule has 1 aliphatic rings. The van der Waals surface area contributed by atoms with E-state index in [-0.39, 0.29) is 0 Å². The Morgan fingerprint density at radius 3 is 2.73 bits per heavy atom. The summed E-state index contributed by atoms with van der Waals surface area (Å²) in [5.74, 6) is 0.171. The van der Waals surface area contributed by atoms with Crippen LogP contribution in [0.5, 0.6) is 0 Å². The molecule has 0 bridgehead atoms. The molecule has 7 heteroatoms. The van der Waals surface area contributed by atoms with Crippen molar-refractivity contribution in [2.75, 3.05) is 5.32 Å². The molecule has 2 aromatic heterocycles. The molecule has 0 radical (unpaired) electrons. The van der Waals surface area contributed by atoms with Crippen LogP contribution in [-0.2, 0) is 6.42 Å². The first-order valence-electron chi connectivity index (χ1n) is 9.52. The third-order valence-corrected chi connectivity index (χ3v) is 5.36. The first kappa shape index (κ1) is 17.9. The lowest BCUT2D eigenvalue weighted by molar-refractivity contribution is 0.100. The highest BCUT2D eigenvalue weighted by molar-refractivity contribution is 6.05. The second-order valence-electron chi connectivity index (χ2n) is 7.16. The van der Waals surface area contributed by atoms with Crippen molar-refractivity contribution >= 4 is 34.0 Å². The lowest BCUT2D eigenvalue weighted by Gasteiger charge is -2.10. The van der Waals surface area contributed by atoms with Gasteiger partial charge in [0.05, 0.1) is 17.6 Å². The number of carbonyl (C=O) groups excluding carboxylic acids is 1. The van der Waals surface area contributed by atoms with Crippen LogP contribution in [0.3, 0.4) is 0 Å². The fourth-order valence-corrected chi connectivity index (χ4v) is 3.86. The van der Waals surface area contributed by atoms with Crippen LogP contribution < -0.4 is 11.1 Å². The summed E-state index contributed by atoms with van der Waals surface area (Å²) >= 11 is 0. The van der Waals surface area contributed by atoms with E-state index >= 15 is 0 Å². The van der Waals surface area contributed by atoms with Crippen LogP contribution in [-0.4, -0.2) is 21.8 Å². The number of rotatable bonds is 4. The van der Waals surface area contributed by atoms with E-state index in [0.29, 0.717) is 22.6 Å². The van der Waals surface area contributed by atoms with Crippen LogP contribution in [0, 0.1) is 0 Å². The summed E-state index contributed by atoms with van der Waals surface area (Å²) in [4.78, 5) is 15.5. The van der Waals surface area contributed by atoms with E-state index < -0.39 is 5.91 Å². The van der Waals surface area contributed by atoms with Gasteiger partial charge in [-0.3, -0.25) is 9.78 Å². The number of benzene rings is 2. The molecule has 4 N–H and O–H groups in total. The van der Waals surface area contributed by atoms with E-state index in [0.717, 1.165) is 46.3 Å². The molecule has 1 amide bonds. The number of nitrogens with one attached hydrogen (secondary N) is 1. The number of pyridine rings is 1. The minimum absolute atomic E-state index is 0.436. The molecule has 0 saturated heterocycles. The fourth-order valence-electron chi connectivity index (χ4n) is 3.86. The van der Waals surface area contributed by atoms with Crippen molar-refractivity contribution in [1.82, 2.24) is 4.98 Å². The minimum Gasteiger partial charge on any atom is -0.452 e. The Bertz CT molecular complexity index is 1310. The van der Waals surface area contributed by atoms with E-state index in [9.17, 15) is 4.79 Å². The molecule has 0 unspecified atom stereocenters. The quantitative estimate of drug-likeness (QED) is 0.347. The molecule has 1 aliphatic carbocycles. The van der Waals surface area contributed by atoms with E-state index in [1.807, 2.05) is 30.3 Å². The molecule has 0 atom stereocenters. The van der Waals surface area contributed by atoms with Crippen LogP contribution in [0.25, 0.3) is 22.3 Å². The Hall–Kier alpha value is -4.13. The summed E-state index contributed by atoms with van der Waals surface area (Å²) in [6, 6.07) is 14.8. The van der Waals surface area contributed by atoms with Crippen molar-refractivity contribution in [2.45, 2.75) is 12.8 Å². The number of furan rings is 1. The van der Waals surface area contributed by atoms with Crippen molar-refractivity contribution in [2.24, 2.45) is 10.9 Å². The largest absolute Gasteiger partial charge is 0.452 e. The standard InChI is InChI=1S/C23H18N4O3/c24-23(28)14-3-1-13(2-4-14)22-21(18-9-10-25-12-20(18)30-22)26-16-6-7-17-15(11-16)5-8-19(17)27-29/h1-4,6-7,9-12,26,29H,5,8H2,(H2,24,28)/b27-19+. The maximum Gasteiger partial charge on any atom is 0.248 e. The third kappa shape index (κ3) is 2.97. The molecule has 2 aromatic carbocycles. The maximum atomic E-state index is 11.4. The molecule has 4 aromatic rings. The predicted octanol–water partition coefficient (Wildman–Crippen LogP) is 4.46. The van der Waals surface area contributed by atoms with Gasteiger partial charge >= 0.3 is 0 Å². The number of anilines is 2. The second kappa shape index (κ2) is 7.04. The normalized spacial score (nSPS) is 14.2. The maximum absolute atomic E-state index is 11.4. The number of hydrogen-bond donors (Lipinski definition) is 3. The highest BCUT2D eigenvalue weighted by atomic mass is 16.4. The summed E-state index contributed by atoms with van der Waals surface area (Å²) in [6.45, 7) is 0. The third-order valence-electron chi connectivity index (χ3n) is 5.36. The van der Waals surface area contributed by atoms with E-state index in [2.05, 4.69) is 21.5 Å². The predicted molar refractivity (Wildman–Crippen MR) is 114 cm³/mol. The number of carbonyl (C=O) groups is 1. The first-order chi connectivity index (χ1) is 14.6. The number of primary amides is 1. The average molecular weight is 398 g/mol. The van der Waals surface area contributed by atoms with Gasteiger partial charge in [-0.1, -0.05) is 23.4 Å². The van der Waals surface area contributed by atoms with Crippen LogP contribution in [0.2, 0.25) is 0 Å². The van der Waals surface area contributed by atoms with Gasteiger partial charge < -0.3 is 20.7 Å². The molecule has 30 heavy (non-hydrogen) atoms. The molecular formula is C23H18N4O3. The van der Waals surface area contributed by atoms with Crippen LogP contribution in [0.15, 0.2) is 70.5 Å². The van der Waals surface area contributed by atoms with Gasteiger partial charge in [0.25, 0.3) is 0 Å². The lowest BCUT2D eigenvalue weighted by Crippen LogP contribution is -2.10. The highest BCUT2D eigenvalue weighted by Gasteiger charge is 2.20. The highest BCUT2D eigenvalue weighted by Crippen LogP contribution is 2.40. The molecular weight excluding hydrogens is 380 g/mol. The van der Waals surface area contributed by atoms with Gasteiger partial charge in [0.15, 0.2) is 11.3 Å². The number of nitrogens with two attached hydrogens (primary N) is 1. The van der Waals surface area contributed by atoms with Crippen molar-refractivity contribution in [1.29, 1.82) is 0 Å². The van der Waals surface area contributed by atoms with Crippen molar-refractivity contribution in [3.8, 4) is 11.3 Å². The van der Waals surface area contributed by atoms with Gasteiger partial charge in [-0.05, 0) is 48.7 Å². The SMILES string of the molecule is NC(=O)c1ccc(-c2oc3cnccc3c2Nc2ccc3c(c2)CC/C3=N\O)cc1. The number of aromatic nitrogens is 1. The molecule has 0 aliphatic heterocycles. The smallest absolute Gasteiger partial charge is 0.248 e. The number of aryl methyl sites for hydroxylation is 1. The van der Waals surface area contributed by atoms with E-state index in [1.165, 1.54) is 0 Å². The average Bonchev–Trinajstić information content (AvgIpc) is 3.35. The van der Waals surface area contributed by atoms with Gasteiger partial charge in [0, 0.05) is 34.0 Å². The monoisotopic (exact) mass is 398 g/mol. The number of oxime groups is 1. The van der Waals surface area contributed by atoms with Crippen molar-refractivity contribution in [3.63, 3.8) is 0 Å². The van der Waals surface area contributed by atoms with E-state index in [4.69, 9.17) is 15.4 Å². The Morgan fingerprint density at radius 1 is 1.13 bits per heavy atom. The zero-order valence-corrected chi connectivity index (χ0v) is 15.9. The second-order valence-corrected chi connectivity index (χ2v) is 7.16. The van der Waals surface area contributed by atoms with E-state index in [1.54, 1.807) is 24.5 Å². The Balaban J connectivity index is 1.59. The van der Waals surface area contributed by atoms with Crippen molar-refractivity contribution in [3.05, 3.63) is 77.6 Å². The summed E-state index contributed by atoms with van der Waals surface area (Å²) in [7, 11) is 0. The van der Waals surface area contributed by atoms with Gasteiger partial charge in [-0.2, -0.15) is 0 Å². The molecule has 0 fully saturated rings.